The molecule has 90 valence electrons. The first kappa shape index (κ1) is 15.7. The van der Waals surface area contributed by atoms with E-state index in [1.807, 2.05) is 0 Å². The summed E-state index contributed by atoms with van der Waals surface area (Å²) < 4.78 is 0. The summed E-state index contributed by atoms with van der Waals surface area (Å²) in [5.74, 6) is 0. The van der Waals surface area contributed by atoms with E-state index in [0.717, 1.165) is 0 Å². The Kier molecular flexibility index (Phi) is 8.19. The van der Waals surface area contributed by atoms with Crippen molar-refractivity contribution in [2.24, 2.45) is 0 Å². The first-order valence-corrected chi connectivity index (χ1v) is 15.2. The highest BCUT2D eigenvalue weighted by atomic mass is 28.3. The van der Waals surface area contributed by atoms with Crippen LogP contribution in [0.4, 0.5) is 0 Å². The van der Waals surface area contributed by atoms with Crippen LogP contribution >= 0.6 is 0 Å². The fourth-order valence-corrected chi connectivity index (χ4v) is 6.96. The molecule has 0 N–H and O–H groups in total. The average Bonchev–Trinajstić information content (AvgIpc) is 2.01. The van der Waals surface area contributed by atoms with E-state index >= 15 is 0 Å². The Morgan fingerprint density at radius 3 is 1.33 bits per heavy atom. The van der Waals surface area contributed by atoms with Crippen molar-refractivity contribution in [1.29, 1.82) is 0 Å². The van der Waals surface area contributed by atoms with Crippen LogP contribution in [0.2, 0.25) is 63.5 Å². The van der Waals surface area contributed by atoms with Gasteiger partial charge in [-0.1, -0.05) is 76.3 Å². The van der Waals surface area contributed by atoms with Crippen LogP contribution in [0.15, 0.2) is 0 Å². The van der Waals surface area contributed by atoms with Gasteiger partial charge in [0.15, 0.2) is 0 Å². The quantitative estimate of drug-likeness (QED) is 0.539. The minimum Gasteiger partial charge on any atom is -0.0713 e. The van der Waals surface area contributed by atoms with Gasteiger partial charge in [-0.25, -0.2) is 0 Å². The van der Waals surface area contributed by atoms with Crippen molar-refractivity contribution < 1.29 is 0 Å². The Hall–Kier alpha value is 0.651. The first-order valence-electron chi connectivity index (χ1n) is 6.41. The zero-order valence-electron chi connectivity index (χ0n) is 11.7. The third-order valence-electron chi connectivity index (χ3n) is 3.06. The maximum Gasteiger partial charge on any atom is 0.0473 e. The lowest BCUT2D eigenvalue weighted by Gasteiger charge is -2.22. The molecule has 15 heavy (non-hydrogen) atoms. The molecular weight excluding hydrogens is 228 g/mol. The second kappa shape index (κ2) is 7.85. The number of hydrogen-bond donors (Lipinski definition) is 0. The minimum absolute atomic E-state index is 0.0372. The van der Waals surface area contributed by atoms with Crippen LogP contribution in [-0.2, 0) is 0 Å². The molecule has 0 amide bonds. The molecule has 0 saturated carbocycles. The number of rotatable bonds is 8. The molecular formula is C12H30Si3. The van der Waals surface area contributed by atoms with Gasteiger partial charge in [0.05, 0.1) is 0 Å². The predicted molar refractivity (Wildman–Crippen MR) is 80.9 cm³/mol. The lowest BCUT2D eigenvalue weighted by molar-refractivity contribution is 0.966. The van der Waals surface area contributed by atoms with Crippen LogP contribution in [0.5, 0.6) is 0 Å². The van der Waals surface area contributed by atoms with E-state index in [9.17, 15) is 0 Å². The predicted octanol–water partition coefficient (Wildman–Crippen LogP) is 4.98. The number of hydrogen-bond acceptors (Lipinski definition) is 0. The van der Waals surface area contributed by atoms with E-state index in [1.165, 1.54) is 24.9 Å². The lowest BCUT2D eigenvalue weighted by atomic mass is 10.6. The normalized spacial score (nSPS) is 12.8. The third kappa shape index (κ3) is 10.9. The maximum atomic E-state index is 2.60. The molecule has 0 aromatic carbocycles. The standard InChI is InChI=1S/C12H30Si3/c1-13(2)9-7-11-15(5,6)12-8-10-14(3)4/h7-12H2,1-6H3. The molecule has 0 aliphatic heterocycles. The SMILES string of the molecule is C[Si](C)CCC[Si](C)(C)CCC[Si](C)C. The highest BCUT2D eigenvalue weighted by molar-refractivity contribution is 6.77. The fraction of sp³-hybridized carbons (Fsp3) is 1.00. The summed E-state index contributed by atoms with van der Waals surface area (Å²) in [6.07, 6.45) is 3.05. The van der Waals surface area contributed by atoms with Crippen molar-refractivity contribution >= 4 is 25.7 Å². The molecule has 2 radical (unpaired) electrons. The van der Waals surface area contributed by atoms with Crippen LogP contribution in [0, 0.1) is 0 Å². The Labute approximate surface area is 102 Å². The topological polar surface area (TPSA) is 0 Å². The zero-order valence-corrected chi connectivity index (χ0v) is 14.7. The van der Waals surface area contributed by atoms with Crippen molar-refractivity contribution in [3.8, 4) is 0 Å². The molecule has 0 fully saturated rings. The van der Waals surface area contributed by atoms with Gasteiger partial charge in [0.1, 0.15) is 0 Å². The Morgan fingerprint density at radius 1 is 0.733 bits per heavy atom. The smallest absolute Gasteiger partial charge is 0.0473 e. The van der Waals surface area contributed by atoms with Crippen molar-refractivity contribution in [2.75, 3.05) is 0 Å². The molecule has 0 spiro atoms. The summed E-state index contributed by atoms with van der Waals surface area (Å²) in [6.45, 7) is 15.0. The van der Waals surface area contributed by atoms with E-state index in [-0.39, 0.29) is 17.6 Å². The lowest BCUT2D eigenvalue weighted by Crippen LogP contribution is -2.25. The summed E-state index contributed by atoms with van der Waals surface area (Å²) in [7, 11) is -0.730. The molecule has 0 saturated heterocycles. The molecule has 3 heteroatoms. The van der Waals surface area contributed by atoms with E-state index in [4.69, 9.17) is 0 Å². The molecule has 0 atom stereocenters. The summed E-state index contributed by atoms with van der Waals surface area (Å²) in [4.78, 5) is 0. The van der Waals surface area contributed by atoms with E-state index in [1.54, 1.807) is 12.1 Å². The van der Waals surface area contributed by atoms with Gasteiger partial charge in [-0.2, -0.15) is 0 Å². The Bertz CT molecular complexity index is 137. The van der Waals surface area contributed by atoms with Crippen LogP contribution in [0.3, 0.4) is 0 Å². The Morgan fingerprint density at radius 2 is 1.07 bits per heavy atom. The van der Waals surface area contributed by atoms with Crippen LogP contribution in [-0.4, -0.2) is 25.7 Å². The summed E-state index contributed by atoms with van der Waals surface area (Å²) >= 11 is 0. The summed E-state index contributed by atoms with van der Waals surface area (Å²) in [6, 6.07) is 6.24. The van der Waals surface area contributed by atoms with Crippen LogP contribution in [0.1, 0.15) is 12.8 Å². The molecule has 0 bridgehead atoms. The fourth-order valence-electron chi connectivity index (χ4n) is 1.97. The Balaban J connectivity index is 3.57. The van der Waals surface area contributed by atoms with Gasteiger partial charge >= 0.3 is 0 Å². The van der Waals surface area contributed by atoms with Crippen molar-refractivity contribution in [1.82, 2.24) is 0 Å². The van der Waals surface area contributed by atoms with Gasteiger partial charge in [-0.15, -0.1) is 0 Å². The van der Waals surface area contributed by atoms with Gasteiger partial charge < -0.3 is 0 Å². The van der Waals surface area contributed by atoms with Crippen molar-refractivity contribution in [3.05, 3.63) is 0 Å². The monoisotopic (exact) mass is 258 g/mol. The van der Waals surface area contributed by atoms with Gasteiger partial charge in [-0.3, -0.25) is 0 Å². The van der Waals surface area contributed by atoms with Gasteiger partial charge in [0, 0.05) is 25.7 Å². The highest BCUT2D eigenvalue weighted by Gasteiger charge is 2.19. The molecule has 0 heterocycles. The molecule has 0 aliphatic rings. The van der Waals surface area contributed by atoms with E-state index in [0.29, 0.717) is 0 Å². The van der Waals surface area contributed by atoms with E-state index in [2.05, 4.69) is 39.3 Å². The van der Waals surface area contributed by atoms with Crippen LogP contribution in [0.25, 0.3) is 0 Å². The summed E-state index contributed by atoms with van der Waals surface area (Å²) in [5.41, 5.74) is 0. The molecule has 0 aromatic rings. The minimum atomic E-state index is -0.804. The van der Waals surface area contributed by atoms with Gasteiger partial charge in [-0.05, 0) is 0 Å². The van der Waals surface area contributed by atoms with Gasteiger partial charge in [0.25, 0.3) is 0 Å². The maximum absolute atomic E-state index is 2.60. The first-order chi connectivity index (χ1) is 6.83. The molecule has 0 aliphatic carbocycles. The zero-order chi connectivity index (χ0) is 11.9. The second-order valence-corrected chi connectivity index (χ2v) is 17.4. The second-order valence-electron chi connectivity index (χ2n) is 6.29. The third-order valence-corrected chi connectivity index (χ3v) is 9.18. The van der Waals surface area contributed by atoms with Crippen molar-refractivity contribution in [2.45, 2.75) is 76.3 Å². The summed E-state index contributed by atoms with van der Waals surface area (Å²) in [5, 5.41) is 0. The highest BCUT2D eigenvalue weighted by Crippen LogP contribution is 2.22. The molecule has 0 unspecified atom stereocenters. The molecule has 0 rings (SSSR count). The van der Waals surface area contributed by atoms with E-state index < -0.39 is 8.07 Å². The molecule has 0 aromatic heterocycles. The largest absolute Gasteiger partial charge is 0.0713 e. The average molecular weight is 259 g/mol. The van der Waals surface area contributed by atoms with Crippen LogP contribution < -0.4 is 0 Å². The van der Waals surface area contributed by atoms with Gasteiger partial charge in [0.2, 0.25) is 0 Å². The molecule has 0 nitrogen and oxygen atoms in total. The van der Waals surface area contributed by atoms with Crippen molar-refractivity contribution in [3.63, 3.8) is 0 Å².